The second kappa shape index (κ2) is 8.67. The van der Waals surface area contributed by atoms with E-state index >= 15 is 0 Å². The molecule has 3 rings (SSSR count). The van der Waals surface area contributed by atoms with Crippen LogP contribution >= 0.6 is 11.6 Å². The van der Waals surface area contributed by atoms with Gasteiger partial charge in [-0.2, -0.15) is 0 Å². The standard InChI is InChI=1S/C21H26ClN3O/c1-23(2)21(26)20(18-6-4-3-5-7-18)25-14-12-24(13-15-25)16-17-8-10-19(22)11-9-17/h3-11,20H,12-16H2,1-2H3. The van der Waals surface area contributed by atoms with E-state index in [-0.39, 0.29) is 11.9 Å². The first-order valence-corrected chi connectivity index (χ1v) is 9.39. The molecule has 2 aromatic rings. The minimum Gasteiger partial charge on any atom is -0.347 e. The van der Waals surface area contributed by atoms with Crippen molar-refractivity contribution in [2.75, 3.05) is 40.3 Å². The van der Waals surface area contributed by atoms with Crippen molar-refractivity contribution in [1.29, 1.82) is 0 Å². The molecule has 0 N–H and O–H groups in total. The van der Waals surface area contributed by atoms with Gasteiger partial charge in [-0.3, -0.25) is 14.6 Å². The summed E-state index contributed by atoms with van der Waals surface area (Å²) in [6, 6.07) is 17.9. The predicted octanol–water partition coefficient (Wildman–Crippen LogP) is 3.29. The van der Waals surface area contributed by atoms with Crippen LogP contribution in [0.1, 0.15) is 17.2 Å². The highest BCUT2D eigenvalue weighted by molar-refractivity contribution is 6.30. The summed E-state index contributed by atoms with van der Waals surface area (Å²) in [5.74, 6) is 0.141. The van der Waals surface area contributed by atoms with E-state index in [0.29, 0.717) is 0 Å². The summed E-state index contributed by atoms with van der Waals surface area (Å²) < 4.78 is 0. The number of likely N-dealkylation sites (N-methyl/N-ethyl adjacent to an activating group) is 1. The number of hydrogen-bond donors (Lipinski definition) is 0. The smallest absolute Gasteiger partial charge is 0.244 e. The molecule has 1 saturated heterocycles. The van der Waals surface area contributed by atoms with E-state index in [4.69, 9.17) is 11.6 Å². The molecule has 1 amide bonds. The molecule has 5 heteroatoms. The van der Waals surface area contributed by atoms with Crippen LogP contribution in [0.3, 0.4) is 0 Å². The van der Waals surface area contributed by atoms with Gasteiger partial charge in [0.25, 0.3) is 0 Å². The fourth-order valence-corrected chi connectivity index (χ4v) is 3.54. The van der Waals surface area contributed by atoms with Gasteiger partial charge in [-0.15, -0.1) is 0 Å². The Balaban J connectivity index is 1.66. The lowest BCUT2D eigenvalue weighted by Crippen LogP contribution is -2.50. The second-order valence-corrected chi connectivity index (χ2v) is 7.42. The number of rotatable bonds is 5. The van der Waals surface area contributed by atoms with Crippen molar-refractivity contribution >= 4 is 17.5 Å². The van der Waals surface area contributed by atoms with Gasteiger partial charge in [-0.1, -0.05) is 54.1 Å². The number of hydrogen-bond acceptors (Lipinski definition) is 3. The van der Waals surface area contributed by atoms with Crippen molar-refractivity contribution in [3.63, 3.8) is 0 Å². The van der Waals surface area contributed by atoms with Gasteiger partial charge < -0.3 is 4.90 Å². The Morgan fingerprint density at radius 1 is 1.00 bits per heavy atom. The molecule has 4 nitrogen and oxygen atoms in total. The zero-order chi connectivity index (χ0) is 18.5. The monoisotopic (exact) mass is 371 g/mol. The van der Waals surface area contributed by atoms with Crippen LogP contribution in [0.5, 0.6) is 0 Å². The molecule has 2 aromatic carbocycles. The number of amides is 1. The molecule has 1 unspecified atom stereocenters. The summed E-state index contributed by atoms with van der Waals surface area (Å²) in [6.07, 6.45) is 0. The molecule has 0 spiro atoms. The first-order valence-electron chi connectivity index (χ1n) is 9.01. The van der Waals surface area contributed by atoms with Crippen molar-refractivity contribution in [2.24, 2.45) is 0 Å². The Kier molecular flexibility index (Phi) is 6.30. The summed E-state index contributed by atoms with van der Waals surface area (Å²) in [5.41, 5.74) is 2.34. The summed E-state index contributed by atoms with van der Waals surface area (Å²) in [6.45, 7) is 4.58. The second-order valence-electron chi connectivity index (χ2n) is 6.98. The third-order valence-electron chi connectivity index (χ3n) is 4.88. The molecule has 1 aliphatic heterocycles. The Labute approximate surface area is 161 Å². The quantitative estimate of drug-likeness (QED) is 0.807. The van der Waals surface area contributed by atoms with E-state index in [2.05, 4.69) is 21.9 Å². The molecule has 138 valence electrons. The highest BCUT2D eigenvalue weighted by atomic mass is 35.5. The van der Waals surface area contributed by atoms with Crippen LogP contribution in [-0.4, -0.2) is 60.9 Å². The SMILES string of the molecule is CN(C)C(=O)C(c1ccccc1)N1CCN(Cc2ccc(Cl)cc2)CC1. The number of carbonyl (C=O) groups excluding carboxylic acids is 1. The highest BCUT2D eigenvalue weighted by Crippen LogP contribution is 2.24. The Morgan fingerprint density at radius 3 is 2.19 bits per heavy atom. The van der Waals surface area contributed by atoms with E-state index in [1.165, 1.54) is 5.56 Å². The van der Waals surface area contributed by atoms with Crippen molar-refractivity contribution < 1.29 is 4.79 Å². The molecular weight excluding hydrogens is 346 g/mol. The lowest BCUT2D eigenvalue weighted by atomic mass is 10.0. The maximum atomic E-state index is 12.8. The maximum absolute atomic E-state index is 12.8. The molecule has 0 saturated carbocycles. The summed E-state index contributed by atoms with van der Waals surface area (Å²) in [4.78, 5) is 19.2. The number of nitrogens with zero attached hydrogens (tertiary/aromatic N) is 3. The fourth-order valence-electron chi connectivity index (χ4n) is 3.42. The zero-order valence-corrected chi connectivity index (χ0v) is 16.2. The molecule has 0 aromatic heterocycles. The average Bonchev–Trinajstić information content (AvgIpc) is 2.66. The van der Waals surface area contributed by atoms with Gasteiger partial charge in [0.2, 0.25) is 5.91 Å². The Morgan fingerprint density at radius 2 is 1.62 bits per heavy atom. The molecule has 26 heavy (non-hydrogen) atoms. The van der Waals surface area contributed by atoms with Crippen molar-refractivity contribution in [3.05, 3.63) is 70.7 Å². The number of carbonyl (C=O) groups is 1. The van der Waals surface area contributed by atoms with Crippen LogP contribution in [0.15, 0.2) is 54.6 Å². The topological polar surface area (TPSA) is 26.8 Å². The number of benzene rings is 2. The molecule has 0 radical (unpaired) electrons. The van der Waals surface area contributed by atoms with Gasteiger partial charge in [-0.25, -0.2) is 0 Å². The maximum Gasteiger partial charge on any atom is 0.244 e. The van der Waals surface area contributed by atoms with Gasteiger partial charge in [0.05, 0.1) is 0 Å². The third kappa shape index (κ3) is 4.64. The Bertz CT molecular complexity index is 710. The van der Waals surface area contributed by atoms with Crippen molar-refractivity contribution in [2.45, 2.75) is 12.6 Å². The molecule has 1 aliphatic rings. The third-order valence-corrected chi connectivity index (χ3v) is 5.13. The number of piperazine rings is 1. The minimum atomic E-state index is -0.205. The summed E-state index contributed by atoms with van der Waals surface area (Å²) in [5, 5.41) is 0.770. The zero-order valence-electron chi connectivity index (χ0n) is 15.4. The van der Waals surface area contributed by atoms with Gasteiger partial charge >= 0.3 is 0 Å². The van der Waals surface area contributed by atoms with Gasteiger partial charge in [0, 0.05) is 51.8 Å². The van der Waals surface area contributed by atoms with Crippen molar-refractivity contribution in [3.8, 4) is 0 Å². The summed E-state index contributed by atoms with van der Waals surface area (Å²) in [7, 11) is 3.66. The lowest BCUT2D eigenvalue weighted by Gasteiger charge is -2.39. The van der Waals surface area contributed by atoms with E-state index in [0.717, 1.165) is 43.3 Å². The van der Waals surface area contributed by atoms with Crippen LogP contribution in [0, 0.1) is 0 Å². The van der Waals surface area contributed by atoms with E-state index < -0.39 is 0 Å². The van der Waals surface area contributed by atoms with E-state index in [1.807, 2.05) is 56.6 Å². The highest BCUT2D eigenvalue weighted by Gasteiger charge is 2.31. The molecule has 1 heterocycles. The molecule has 1 fully saturated rings. The molecule has 0 bridgehead atoms. The van der Waals surface area contributed by atoms with Crippen LogP contribution in [0.2, 0.25) is 5.02 Å². The first-order chi connectivity index (χ1) is 12.5. The fraction of sp³-hybridized carbons (Fsp3) is 0.381. The largest absolute Gasteiger partial charge is 0.347 e. The van der Waals surface area contributed by atoms with Crippen molar-refractivity contribution in [1.82, 2.24) is 14.7 Å². The normalized spacial score (nSPS) is 17.0. The van der Waals surface area contributed by atoms with Crippen LogP contribution in [0.25, 0.3) is 0 Å². The van der Waals surface area contributed by atoms with Crippen LogP contribution in [-0.2, 0) is 11.3 Å². The van der Waals surface area contributed by atoms with Crippen LogP contribution < -0.4 is 0 Å². The molecule has 1 atom stereocenters. The minimum absolute atomic E-state index is 0.141. The van der Waals surface area contributed by atoms with Crippen LogP contribution in [0.4, 0.5) is 0 Å². The predicted molar refractivity (Wildman–Crippen MR) is 106 cm³/mol. The van der Waals surface area contributed by atoms with E-state index in [1.54, 1.807) is 4.90 Å². The molecular formula is C21H26ClN3O. The average molecular weight is 372 g/mol. The first kappa shape index (κ1) is 18.9. The Hall–Kier alpha value is -1.88. The summed E-state index contributed by atoms with van der Waals surface area (Å²) >= 11 is 5.97. The van der Waals surface area contributed by atoms with Gasteiger partial charge in [0.1, 0.15) is 6.04 Å². The van der Waals surface area contributed by atoms with Gasteiger partial charge in [0.15, 0.2) is 0 Å². The molecule has 0 aliphatic carbocycles. The number of halogens is 1. The van der Waals surface area contributed by atoms with Gasteiger partial charge in [-0.05, 0) is 23.3 Å². The lowest BCUT2D eigenvalue weighted by molar-refractivity contribution is -0.135. The van der Waals surface area contributed by atoms with E-state index in [9.17, 15) is 4.79 Å².